The van der Waals surface area contributed by atoms with Crippen LogP contribution in [0.4, 0.5) is 0 Å². The van der Waals surface area contributed by atoms with E-state index in [4.69, 9.17) is 9.88 Å². The average molecular weight is 312 g/mol. The predicted molar refractivity (Wildman–Crippen MR) is 78.6 cm³/mol. The largest absolute Gasteiger partial charge is 0.495 e. The molecule has 6 nitrogen and oxygen atoms in total. The maximum absolute atomic E-state index is 12.1. The van der Waals surface area contributed by atoms with Crippen LogP contribution in [0.1, 0.15) is 36.5 Å². The van der Waals surface area contributed by atoms with Crippen molar-refractivity contribution >= 4 is 15.9 Å². The van der Waals surface area contributed by atoms with E-state index in [0.717, 1.165) is 6.42 Å². The number of amides is 1. The standard InChI is InChI=1S/C14H20N2O4S/c1-9(7-10-3-4-10)16-14(17)11-5-6-12(20-2)13(8-11)21(15,18)19/h5-6,8-10H,3-4,7H2,1-2H3,(H,16,17)(H2,15,18,19). The number of hydrogen-bond donors (Lipinski definition) is 2. The smallest absolute Gasteiger partial charge is 0.251 e. The highest BCUT2D eigenvalue weighted by atomic mass is 32.2. The molecule has 2 rings (SSSR count). The van der Waals surface area contributed by atoms with Crippen molar-refractivity contribution in [1.29, 1.82) is 0 Å². The van der Waals surface area contributed by atoms with Crippen LogP contribution in [0.15, 0.2) is 23.1 Å². The molecule has 1 fully saturated rings. The van der Waals surface area contributed by atoms with Gasteiger partial charge in [-0.2, -0.15) is 0 Å². The highest BCUT2D eigenvalue weighted by molar-refractivity contribution is 7.89. The topological polar surface area (TPSA) is 98.5 Å². The van der Waals surface area contributed by atoms with Crippen LogP contribution < -0.4 is 15.2 Å². The van der Waals surface area contributed by atoms with E-state index in [9.17, 15) is 13.2 Å². The molecule has 1 saturated carbocycles. The van der Waals surface area contributed by atoms with Crippen LogP contribution in [0.25, 0.3) is 0 Å². The van der Waals surface area contributed by atoms with Crippen LogP contribution in [-0.4, -0.2) is 27.5 Å². The molecule has 1 aliphatic rings. The molecule has 1 amide bonds. The van der Waals surface area contributed by atoms with Gasteiger partial charge in [0.15, 0.2) is 0 Å². The quantitative estimate of drug-likeness (QED) is 0.826. The Kier molecular flexibility index (Phi) is 4.53. The molecule has 1 aliphatic carbocycles. The van der Waals surface area contributed by atoms with Crippen molar-refractivity contribution in [2.24, 2.45) is 11.1 Å². The molecule has 0 bridgehead atoms. The van der Waals surface area contributed by atoms with E-state index in [1.54, 1.807) is 0 Å². The Morgan fingerprint density at radius 3 is 2.67 bits per heavy atom. The van der Waals surface area contributed by atoms with E-state index < -0.39 is 10.0 Å². The van der Waals surface area contributed by atoms with Crippen molar-refractivity contribution in [2.75, 3.05) is 7.11 Å². The summed E-state index contributed by atoms with van der Waals surface area (Å²) in [5.41, 5.74) is 0.252. The highest BCUT2D eigenvalue weighted by Gasteiger charge is 2.25. The zero-order valence-electron chi connectivity index (χ0n) is 12.1. The Morgan fingerprint density at radius 2 is 2.14 bits per heavy atom. The van der Waals surface area contributed by atoms with Gasteiger partial charge in [-0.1, -0.05) is 12.8 Å². The normalized spacial score (nSPS) is 16.3. The average Bonchev–Trinajstić information content (AvgIpc) is 3.20. The van der Waals surface area contributed by atoms with Crippen LogP contribution in [0, 0.1) is 5.92 Å². The molecule has 0 saturated heterocycles. The van der Waals surface area contributed by atoms with Crippen LogP contribution in [-0.2, 0) is 10.0 Å². The third kappa shape index (κ3) is 4.18. The number of carbonyl (C=O) groups is 1. The number of ether oxygens (including phenoxy) is 1. The van der Waals surface area contributed by atoms with Gasteiger partial charge in [0.2, 0.25) is 10.0 Å². The summed E-state index contributed by atoms with van der Waals surface area (Å²) in [6.07, 6.45) is 3.39. The number of rotatable bonds is 6. The second-order valence-corrected chi connectivity index (χ2v) is 6.99. The molecule has 0 radical (unpaired) electrons. The number of methoxy groups -OCH3 is 1. The summed E-state index contributed by atoms with van der Waals surface area (Å²) >= 11 is 0. The molecule has 21 heavy (non-hydrogen) atoms. The molecule has 1 atom stereocenters. The molecule has 1 aromatic rings. The Balaban J connectivity index is 2.17. The van der Waals surface area contributed by atoms with Gasteiger partial charge < -0.3 is 10.1 Å². The molecule has 0 aromatic heterocycles. The minimum Gasteiger partial charge on any atom is -0.495 e. The third-order valence-electron chi connectivity index (χ3n) is 3.49. The summed E-state index contributed by atoms with van der Waals surface area (Å²) in [6.45, 7) is 1.94. The molecule has 3 N–H and O–H groups in total. The fraction of sp³-hybridized carbons (Fsp3) is 0.500. The number of sulfonamides is 1. The molecule has 0 spiro atoms. The van der Waals surface area contributed by atoms with E-state index in [0.29, 0.717) is 5.92 Å². The molecule has 1 aromatic carbocycles. The van der Waals surface area contributed by atoms with E-state index in [-0.39, 0.29) is 28.2 Å². The first-order valence-electron chi connectivity index (χ1n) is 6.83. The van der Waals surface area contributed by atoms with Gasteiger partial charge in [-0.3, -0.25) is 4.79 Å². The Labute approximate surface area is 124 Å². The van der Waals surface area contributed by atoms with Crippen molar-refractivity contribution in [2.45, 2.75) is 37.1 Å². The zero-order chi connectivity index (χ0) is 15.6. The summed E-state index contributed by atoms with van der Waals surface area (Å²) in [5, 5.41) is 8.01. The van der Waals surface area contributed by atoms with E-state index >= 15 is 0 Å². The van der Waals surface area contributed by atoms with Gasteiger partial charge in [0.1, 0.15) is 10.6 Å². The van der Waals surface area contributed by atoms with E-state index in [2.05, 4.69) is 5.32 Å². The van der Waals surface area contributed by atoms with Gasteiger partial charge >= 0.3 is 0 Å². The second-order valence-electron chi connectivity index (χ2n) is 5.46. The van der Waals surface area contributed by atoms with Crippen LogP contribution in [0.2, 0.25) is 0 Å². The first-order chi connectivity index (χ1) is 9.81. The minimum atomic E-state index is -3.94. The molecule has 7 heteroatoms. The van der Waals surface area contributed by atoms with Gasteiger partial charge in [0, 0.05) is 11.6 Å². The lowest BCUT2D eigenvalue weighted by molar-refractivity contribution is 0.0937. The Morgan fingerprint density at radius 1 is 1.48 bits per heavy atom. The summed E-state index contributed by atoms with van der Waals surface area (Å²) in [7, 11) is -2.60. The fourth-order valence-electron chi connectivity index (χ4n) is 2.26. The summed E-state index contributed by atoms with van der Waals surface area (Å²) in [5.74, 6) is 0.520. The number of hydrogen-bond acceptors (Lipinski definition) is 4. The Hall–Kier alpha value is -1.60. The predicted octanol–water partition coefficient (Wildman–Crippen LogP) is 1.26. The molecule has 0 heterocycles. The van der Waals surface area contributed by atoms with Gasteiger partial charge in [0.05, 0.1) is 7.11 Å². The highest BCUT2D eigenvalue weighted by Crippen LogP contribution is 2.33. The number of benzene rings is 1. The molecular weight excluding hydrogens is 292 g/mol. The SMILES string of the molecule is COc1ccc(C(=O)NC(C)CC2CC2)cc1S(N)(=O)=O. The fourth-order valence-corrected chi connectivity index (χ4v) is 2.98. The first-order valence-corrected chi connectivity index (χ1v) is 8.37. The van der Waals surface area contributed by atoms with E-state index in [1.807, 2.05) is 6.92 Å². The summed E-state index contributed by atoms with van der Waals surface area (Å²) in [6, 6.07) is 4.25. The van der Waals surface area contributed by atoms with Crippen molar-refractivity contribution < 1.29 is 17.9 Å². The number of nitrogens with one attached hydrogen (secondary N) is 1. The van der Waals surface area contributed by atoms with Crippen LogP contribution in [0.5, 0.6) is 5.75 Å². The minimum absolute atomic E-state index is 0.0602. The summed E-state index contributed by atoms with van der Waals surface area (Å²) < 4.78 is 28.0. The summed E-state index contributed by atoms with van der Waals surface area (Å²) in [4.78, 5) is 12.0. The van der Waals surface area contributed by atoms with Crippen LogP contribution in [0.3, 0.4) is 0 Å². The van der Waals surface area contributed by atoms with Crippen molar-refractivity contribution in [1.82, 2.24) is 5.32 Å². The van der Waals surface area contributed by atoms with E-state index in [1.165, 1.54) is 38.2 Å². The van der Waals surface area contributed by atoms with Crippen molar-refractivity contribution in [3.8, 4) is 5.75 Å². The lowest BCUT2D eigenvalue weighted by atomic mass is 10.1. The van der Waals surface area contributed by atoms with Gasteiger partial charge in [0.25, 0.3) is 5.91 Å². The molecule has 0 aliphatic heterocycles. The maximum Gasteiger partial charge on any atom is 0.251 e. The molecule has 1 unspecified atom stereocenters. The zero-order valence-corrected chi connectivity index (χ0v) is 12.9. The van der Waals surface area contributed by atoms with Gasteiger partial charge in [-0.15, -0.1) is 0 Å². The molecule has 116 valence electrons. The second kappa shape index (κ2) is 6.03. The van der Waals surface area contributed by atoms with Crippen LogP contribution >= 0.6 is 0 Å². The third-order valence-corrected chi connectivity index (χ3v) is 4.43. The molecular formula is C14H20N2O4S. The lowest BCUT2D eigenvalue weighted by Gasteiger charge is -2.14. The lowest BCUT2D eigenvalue weighted by Crippen LogP contribution is -2.33. The maximum atomic E-state index is 12.1. The van der Waals surface area contributed by atoms with Crippen molar-refractivity contribution in [3.05, 3.63) is 23.8 Å². The van der Waals surface area contributed by atoms with Crippen molar-refractivity contribution in [3.63, 3.8) is 0 Å². The monoisotopic (exact) mass is 312 g/mol. The van der Waals surface area contributed by atoms with Gasteiger partial charge in [-0.05, 0) is 37.5 Å². The number of primary sulfonamides is 1. The Bertz CT molecular complexity index is 638. The van der Waals surface area contributed by atoms with Gasteiger partial charge in [-0.25, -0.2) is 13.6 Å². The number of carbonyl (C=O) groups excluding carboxylic acids is 1. The number of nitrogens with two attached hydrogens (primary N) is 1. The first kappa shape index (κ1) is 15.8.